The Morgan fingerprint density at radius 3 is 3.04 bits per heavy atom. The summed E-state index contributed by atoms with van der Waals surface area (Å²) < 4.78 is 13.2. The molecule has 0 saturated carbocycles. The molecule has 0 amide bonds. The predicted octanol–water partition coefficient (Wildman–Crippen LogP) is 2.42. The molecule has 0 spiro atoms. The highest BCUT2D eigenvalue weighted by atomic mass is 19.1. The predicted molar refractivity (Wildman–Crippen MR) is 90.1 cm³/mol. The molecular weight excluding hydrogens is 293 g/mol. The van der Waals surface area contributed by atoms with Gasteiger partial charge in [-0.25, -0.2) is 14.4 Å². The van der Waals surface area contributed by atoms with Gasteiger partial charge in [-0.05, 0) is 30.5 Å². The van der Waals surface area contributed by atoms with Gasteiger partial charge in [0.1, 0.15) is 23.8 Å². The number of aromatic nitrogens is 2. The number of hydrogen-bond acceptors (Lipinski definition) is 5. The van der Waals surface area contributed by atoms with Crippen LogP contribution in [0.4, 0.5) is 16.0 Å². The number of anilines is 2. The third-order valence-corrected chi connectivity index (χ3v) is 4.18. The summed E-state index contributed by atoms with van der Waals surface area (Å²) in [6.45, 7) is 2.54. The Morgan fingerprint density at radius 2 is 2.22 bits per heavy atom. The molecular formula is C17H22FN5. The lowest BCUT2D eigenvalue weighted by atomic mass is 10.2. The topological polar surface area (TPSA) is 53.1 Å². The van der Waals surface area contributed by atoms with Gasteiger partial charge in [0.2, 0.25) is 0 Å². The fourth-order valence-electron chi connectivity index (χ4n) is 3.02. The largest absolute Gasteiger partial charge is 0.373 e. The van der Waals surface area contributed by atoms with Crippen molar-refractivity contribution in [3.8, 4) is 0 Å². The Labute approximate surface area is 136 Å². The number of rotatable bonds is 6. The van der Waals surface area contributed by atoms with E-state index >= 15 is 0 Å². The van der Waals surface area contributed by atoms with E-state index in [4.69, 9.17) is 0 Å². The van der Waals surface area contributed by atoms with Crippen molar-refractivity contribution in [2.24, 2.45) is 0 Å². The van der Waals surface area contributed by atoms with Crippen LogP contribution in [0.2, 0.25) is 0 Å². The zero-order valence-electron chi connectivity index (χ0n) is 13.3. The van der Waals surface area contributed by atoms with Crippen molar-refractivity contribution in [2.45, 2.75) is 25.4 Å². The molecule has 2 aromatic rings. The second-order valence-electron chi connectivity index (χ2n) is 5.76. The van der Waals surface area contributed by atoms with Crippen LogP contribution >= 0.6 is 0 Å². The molecule has 1 aromatic heterocycles. The second-order valence-corrected chi connectivity index (χ2v) is 5.76. The lowest BCUT2D eigenvalue weighted by molar-refractivity contribution is 0.567. The molecule has 1 aliphatic heterocycles. The Kier molecular flexibility index (Phi) is 5.02. The quantitative estimate of drug-likeness (QED) is 0.857. The molecule has 1 atom stereocenters. The van der Waals surface area contributed by atoms with E-state index in [0.717, 1.165) is 43.1 Å². The van der Waals surface area contributed by atoms with Gasteiger partial charge in [-0.1, -0.05) is 12.1 Å². The highest BCUT2D eigenvalue weighted by molar-refractivity contribution is 5.49. The van der Waals surface area contributed by atoms with Crippen LogP contribution in [0.5, 0.6) is 0 Å². The Bertz CT molecular complexity index is 648. The fourth-order valence-corrected chi connectivity index (χ4v) is 3.02. The molecule has 1 unspecified atom stereocenters. The summed E-state index contributed by atoms with van der Waals surface area (Å²) in [6.07, 6.45) is 3.89. The molecule has 122 valence electrons. The molecule has 5 nitrogen and oxygen atoms in total. The highest BCUT2D eigenvalue weighted by Crippen LogP contribution is 2.24. The van der Waals surface area contributed by atoms with Gasteiger partial charge >= 0.3 is 0 Å². The molecule has 1 aromatic carbocycles. The zero-order chi connectivity index (χ0) is 16.1. The first-order chi connectivity index (χ1) is 11.3. The second kappa shape index (κ2) is 7.37. The van der Waals surface area contributed by atoms with E-state index in [2.05, 4.69) is 25.5 Å². The summed E-state index contributed by atoms with van der Waals surface area (Å²) >= 11 is 0. The number of hydrogen-bond donors (Lipinski definition) is 2. The zero-order valence-corrected chi connectivity index (χ0v) is 13.3. The first-order valence-electron chi connectivity index (χ1n) is 7.98. The third-order valence-electron chi connectivity index (χ3n) is 4.18. The van der Waals surface area contributed by atoms with Crippen LogP contribution in [0, 0.1) is 5.82 Å². The summed E-state index contributed by atoms with van der Waals surface area (Å²) in [5.74, 6) is 1.60. The standard InChI is InChI=1S/C17H22FN5/c1-19-16-9-17(22-12-21-16)23-7-3-6-15(23)11-20-10-13-4-2-5-14(18)8-13/h2,4-5,8-9,12,15,20H,3,6-7,10-11H2,1H3,(H,19,21,22). The Hall–Kier alpha value is -2.21. The van der Waals surface area contributed by atoms with Gasteiger partial charge in [0.05, 0.1) is 0 Å². The van der Waals surface area contributed by atoms with E-state index < -0.39 is 0 Å². The van der Waals surface area contributed by atoms with Gasteiger partial charge in [-0.2, -0.15) is 0 Å². The molecule has 23 heavy (non-hydrogen) atoms. The fraction of sp³-hybridized carbons (Fsp3) is 0.412. The molecule has 0 bridgehead atoms. The lowest BCUT2D eigenvalue weighted by Crippen LogP contribution is -2.38. The summed E-state index contributed by atoms with van der Waals surface area (Å²) in [4.78, 5) is 10.9. The van der Waals surface area contributed by atoms with Crippen molar-refractivity contribution in [3.05, 3.63) is 48.0 Å². The van der Waals surface area contributed by atoms with Crippen LogP contribution in [0.25, 0.3) is 0 Å². The minimum atomic E-state index is -0.188. The van der Waals surface area contributed by atoms with Crippen molar-refractivity contribution in [1.29, 1.82) is 0 Å². The Morgan fingerprint density at radius 1 is 1.30 bits per heavy atom. The van der Waals surface area contributed by atoms with E-state index in [-0.39, 0.29) is 5.82 Å². The molecule has 1 aliphatic rings. The normalized spacial score (nSPS) is 17.5. The lowest BCUT2D eigenvalue weighted by Gasteiger charge is -2.26. The van der Waals surface area contributed by atoms with Gasteiger partial charge in [0.25, 0.3) is 0 Å². The number of nitrogens with zero attached hydrogens (tertiary/aromatic N) is 3. The van der Waals surface area contributed by atoms with Crippen molar-refractivity contribution in [1.82, 2.24) is 15.3 Å². The van der Waals surface area contributed by atoms with E-state index in [1.807, 2.05) is 19.2 Å². The molecule has 3 rings (SSSR count). The number of benzene rings is 1. The third kappa shape index (κ3) is 3.96. The van der Waals surface area contributed by atoms with Gasteiger partial charge in [0, 0.05) is 38.8 Å². The molecule has 1 fully saturated rings. The van der Waals surface area contributed by atoms with Crippen LogP contribution in [-0.4, -0.2) is 36.1 Å². The van der Waals surface area contributed by atoms with E-state index in [1.165, 1.54) is 6.07 Å². The smallest absolute Gasteiger partial charge is 0.134 e. The first-order valence-corrected chi connectivity index (χ1v) is 7.98. The van der Waals surface area contributed by atoms with E-state index in [9.17, 15) is 4.39 Å². The summed E-state index contributed by atoms with van der Waals surface area (Å²) in [6, 6.07) is 9.11. The van der Waals surface area contributed by atoms with Crippen LogP contribution in [0.3, 0.4) is 0 Å². The number of nitrogens with one attached hydrogen (secondary N) is 2. The van der Waals surface area contributed by atoms with Crippen molar-refractivity contribution in [3.63, 3.8) is 0 Å². The maximum Gasteiger partial charge on any atom is 0.134 e. The average molecular weight is 315 g/mol. The van der Waals surface area contributed by atoms with Crippen LogP contribution in [-0.2, 0) is 6.54 Å². The monoisotopic (exact) mass is 315 g/mol. The highest BCUT2D eigenvalue weighted by Gasteiger charge is 2.25. The van der Waals surface area contributed by atoms with Gasteiger partial charge < -0.3 is 15.5 Å². The molecule has 0 radical (unpaired) electrons. The summed E-state index contributed by atoms with van der Waals surface area (Å²) in [7, 11) is 1.86. The minimum absolute atomic E-state index is 0.188. The molecule has 0 aliphatic carbocycles. The van der Waals surface area contributed by atoms with Crippen LogP contribution < -0.4 is 15.5 Å². The number of halogens is 1. The molecule has 2 heterocycles. The summed E-state index contributed by atoms with van der Waals surface area (Å²) in [5, 5.41) is 6.48. The van der Waals surface area contributed by atoms with Crippen molar-refractivity contribution < 1.29 is 4.39 Å². The van der Waals surface area contributed by atoms with Gasteiger partial charge in [-0.15, -0.1) is 0 Å². The minimum Gasteiger partial charge on any atom is -0.373 e. The van der Waals surface area contributed by atoms with E-state index in [1.54, 1.807) is 18.5 Å². The molecule has 2 N–H and O–H groups in total. The first kappa shape index (κ1) is 15.7. The van der Waals surface area contributed by atoms with E-state index in [0.29, 0.717) is 12.6 Å². The Balaban J connectivity index is 1.58. The van der Waals surface area contributed by atoms with Crippen molar-refractivity contribution >= 4 is 11.6 Å². The molecule has 1 saturated heterocycles. The SMILES string of the molecule is CNc1cc(N2CCCC2CNCc2cccc(F)c2)ncn1. The maximum absolute atomic E-state index is 13.2. The maximum atomic E-state index is 13.2. The van der Waals surface area contributed by atoms with Gasteiger partial charge in [-0.3, -0.25) is 0 Å². The molecule has 6 heteroatoms. The average Bonchev–Trinajstić information content (AvgIpc) is 3.03. The van der Waals surface area contributed by atoms with Gasteiger partial charge in [0.15, 0.2) is 0 Å². The summed E-state index contributed by atoms with van der Waals surface area (Å²) in [5.41, 5.74) is 0.967. The van der Waals surface area contributed by atoms with Crippen LogP contribution in [0.15, 0.2) is 36.7 Å². The van der Waals surface area contributed by atoms with Crippen molar-refractivity contribution in [2.75, 3.05) is 30.4 Å². The van der Waals surface area contributed by atoms with Crippen LogP contribution in [0.1, 0.15) is 18.4 Å².